The number of nitro groups is 1. The molecule has 21 heavy (non-hydrogen) atoms. The summed E-state index contributed by atoms with van der Waals surface area (Å²) in [4.78, 5) is 10.2. The van der Waals surface area contributed by atoms with Crippen LogP contribution in [0.25, 0.3) is 11.7 Å². The average molecular weight is 286 g/mol. The second-order valence-corrected chi connectivity index (χ2v) is 4.14. The second-order valence-electron chi connectivity index (χ2n) is 4.14. The van der Waals surface area contributed by atoms with Crippen molar-refractivity contribution < 1.29 is 13.8 Å². The van der Waals surface area contributed by atoms with Gasteiger partial charge < -0.3 is 14.2 Å². The van der Waals surface area contributed by atoms with E-state index < -0.39 is 4.92 Å². The summed E-state index contributed by atoms with van der Waals surface area (Å²) >= 11 is 0. The number of aromatic nitrogens is 2. The number of nitro benzene ring substituents is 1. The number of non-ortho nitro benzene ring substituents is 1. The Morgan fingerprint density at radius 1 is 1.24 bits per heavy atom. The minimum Gasteiger partial charge on any atom is -0.459 e. The Kier molecular flexibility index (Phi) is 3.34. The summed E-state index contributed by atoms with van der Waals surface area (Å²) in [6, 6.07) is 9.61. The molecule has 0 radical (unpaired) electrons. The molecule has 106 valence electrons. The fourth-order valence-corrected chi connectivity index (χ4v) is 1.73. The molecule has 3 rings (SSSR count). The molecule has 0 atom stereocenters. The van der Waals surface area contributed by atoms with Gasteiger partial charge in [0.05, 0.1) is 17.7 Å². The minimum atomic E-state index is -0.451. The van der Waals surface area contributed by atoms with E-state index in [0.717, 1.165) is 0 Å². The lowest BCUT2D eigenvalue weighted by molar-refractivity contribution is -0.384. The Labute approximate surface area is 118 Å². The molecular formula is C13H10N4O4. The van der Waals surface area contributed by atoms with E-state index in [1.54, 1.807) is 24.3 Å². The van der Waals surface area contributed by atoms with Crippen molar-refractivity contribution in [2.24, 2.45) is 0 Å². The molecule has 0 saturated carbocycles. The molecule has 0 amide bonds. The zero-order chi connectivity index (χ0) is 14.7. The molecule has 0 unspecified atom stereocenters. The fourth-order valence-electron chi connectivity index (χ4n) is 1.73. The van der Waals surface area contributed by atoms with E-state index in [1.807, 2.05) is 0 Å². The summed E-state index contributed by atoms with van der Waals surface area (Å²) in [6.07, 6.45) is 1.51. The van der Waals surface area contributed by atoms with Crippen LogP contribution in [0.3, 0.4) is 0 Å². The lowest BCUT2D eigenvalue weighted by atomic mass is 10.3. The number of nitrogens with zero attached hydrogens (tertiary/aromatic N) is 3. The van der Waals surface area contributed by atoms with Gasteiger partial charge in [0, 0.05) is 17.8 Å². The van der Waals surface area contributed by atoms with Crippen LogP contribution in [-0.2, 0) is 6.54 Å². The maximum atomic E-state index is 10.7. The zero-order valence-corrected chi connectivity index (χ0v) is 10.7. The van der Waals surface area contributed by atoms with Crippen molar-refractivity contribution in [1.29, 1.82) is 0 Å². The number of nitrogens with one attached hydrogen (secondary N) is 1. The van der Waals surface area contributed by atoms with Crippen molar-refractivity contribution in [1.82, 2.24) is 10.2 Å². The number of hydrogen-bond acceptors (Lipinski definition) is 7. The third-order valence-corrected chi connectivity index (χ3v) is 2.70. The van der Waals surface area contributed by atoms with Crippen molar-refractivity contribution in [2.75, 3.05) is 5.32 Å². The van der Waals surface area contributed by atoms with Crippen LogP contribution in [0, 0.1) is 10.1 Å². The topological polar surface area (TPSA) is 107 Å². The van der Waals surface area contributed by atoms with Gasteiger partial charge in [-0.1, -0.05) is 6.07 Å². The Bertz CT molecular complexity index is 751. The van der Waals surface area contributed by atoms with Gasteiger partial charge in [-0.25, -0.2) is 0 Å². The number of furan rings is 1. The van der Waals surface area contributed by atoms with E-state index >= 15 is 0 Å². The van der Waals surface area contributed by atoms with Crippen LogP contribution in [0.4, 0.5) is 11.4 Å². The highest BCUT2D eigenvalue weighted by atomic mass is 16.6. The van der Waals surface area contributed by atoms with Crippen LogP contribution >= 0.6 is 0 Å². The molecule has 1 N–H and O–H groups in total. The molecule has 0 fully saturated rings. The number of benzene rings is 1. The van der Waals surface area contributed by atoms with Crippen molar-refractivity contribution in [3.63, 3.8) is 0 Å². The van der Waals surface area contributed by atoms with Gasteiger partial charge in [-0.2, -0.15) is 0 Å². The van der Waals surface area contributed by atoms with Gasteiger partial charge in [-0.3, -0.25) is 10.1 Å². The van der Waals surface area contributed by atoms with E-state index in [0.29, 0.717) is 17.3 Å². The summed E-state index contributed by atoms with van der Waals surface area (Å²) in [7, 11) is 0. The van der Waals surface area contributed by atoms with E-state index in [1.165, 1.54) is 18.4 Å². The van der Waals surface area contributed by atoms with Gasteiger partial charge in [-0.05, 0) is 18.2 Å². The molecule has 1 aromatic carbocycles. The third-order valence-electron chi connectivity index (χ3n) is 2.70. The Balaban J connectivity index is 1.68. The first-order chi connectivity index (χ1) is 10.2. The van der Waals surface area contributed by atoms with Crippen LogP contribution in [-0.4, -0.2) is 15.1 Å². The zero-order valence-electron chi connectivity index (χ0n) is 10.7. The van der Waals surface area contributed by atoms with E-state index in [2.05, 4.69) is 15.5 Å². The molecule has 8 heteroatoms. The van der Waals surface area contributed by atoms with Crippen LogP contribution in [0.1, 0.15) is 5.89 Å². The van der Waals surface area contributed by atoms with Gasteiger partial charge in [0.25, 0.3) is 11.6 Å². The highest BCUT2D eigenvalue weighted by Gasteiger charge is 2.11. The molecule has 0 saturated heterocycles. The quantitative estimate of drug-likeness (QED) is 0.567. The maximum absolute atomic E-state index is 10.7. The number of rotatable bonds is 5. The Hall–Kier alpha value is -3.16. The van der Waals surface area contributed by atoms with E-state index in [-0.39, 0.29) is 18.1 Å². The summed E-state index contributed by atoms with van der Waals surface area (Å²) in [5.74, 6) is 1.13. The van der Waals surface area contributed by atoms with Crippen LogP contribution in [0.5, 0.6) is 0 Å². The van der Waals surface area contributed by atoms with Gasteiger partial charge in [0.2, 0.25) is 5.89 Å². The molecule has 0 aliphatic carbocycles. The monoisotopic (exact) mass is 286 g/mol. The SMILES string of the molecule is O=[N+]([O-])c1cccc(NCc2nnc(-c3ccco3)o2)c1. The predicted octanol–water partition coefficient (Wildman–Crippen LogP) is 2.85. The third kappa shape index (κ3) is 2.89. The standard InChI is InChI=1S/C13H10N4O4/c18-17(19)10-4-1-3-9(7-10)14-8-12-15-16-13(21-12)11-5-2-6-20-11/h1-7,14H,8H2. The highest BCUT2D eigenvalue weighted by Crippen LogP contribution is 2.20. The largest absolute Gasteiger partial charge is 0.459 e. The summed E-state index contributed by atoms with van der Waals surface area (Å²) in [5, 5.41) is 21.4. The first kappa shape index (κ1) is 12.9. The summed E-state index contributed by atoms with van der Waals surface area (Å²) < 4.78 is 10.6. The van der Waals surface area contributed by atoms with Crippen molar-refractivity contribution in [3.8, 4) is 11.7 Å². The lowest BCUT2D eigenvalue weighted by Crippen LogP contribution is -2.00. The fraction of sp³-hybridized carbons (Fsp3) is 0.0769. The normalized spacial score (nSPS) is 10.5. The predicted molar refractivity (Wildman–Crippen MR) is 72.4 cm³/mol. The minimum absolute atomic E-state index is 0.0156. The van der Waals surface area contributed by atoms with Crippen LogP contribution in [0.15, 0.2) is 51.5 Å². The maximum Gasteiger partial charge on any atom is 0.283 e. The van der Waals surface area contributed by atoms with Crippen molar-refractivity contribution in [3.05, 3.63) is 58.7 Å². The summed E-state index contributed by atoms with van der Waals surface area (Å²) in [6.45, 7) is 0.259. The lowest BCUT2D eigenvalue weighted by Gasteiger charge is -2.02. The number of anilines is 1. The van der Waals surface area contributed by atoms with Crippen molar-refractivity contribution >= 4 is 11.4 Å². The van der Waals surface area contributed by atoms with Crippen LogP contribution in [0.2, 0.25) is 0 Å². The molecule has 0 spiro atoms. The molecular weight excluding hydrogens is 276 g/mol. The smallest absolute Gasteiger partial charge is 0.283 e. The number of hydrogen-bond donors (Lipinski definition) is 1. The Morgan fingerprint density at radius 3 is 2.90 bits per heavy atom. The average Bonchev–Trinajstić information content (AvgIpc) is 3.16. The van der Waals surface area contributed by atoms with E-state index in [9.17, 15) is 10.1 Å². The molecule has 0 aliphatic heterocycles. The molecule has 0 aliphatic rings. The second kappa shape index (κ2) is 5.45. The van der Waals surface area contributed by atoms with Gasteiger partial charge in [0.15, 0.2) is 5.76 Å². The van der Waals surface area contributed by atoms with E-state index in [4.69, 9.17) is 8.83 Å². The van der Waals surface area contributed by atoms with Gasteiger partial charge in [0.1, 0.15) is 0 Å². The van der Waals surface area contributed by atoms with Crippen LogP contribution < -0.4 is 5.32 Å². The molecule has 3 aromatic rings. The first-order valence-electron chi connectivity index (χ1n) is 6.07. The van der Waals surface area contributed by atoms with Crippen molar-refractivity contribution in [2.45, 2.75) is 6.54 Å². The Morgan fingerprint density at radius 2 is 2.14 bits per heavy atom. The van der Waals surface area contributed by atoms with Gasteiger partial charge >= 0.3 is 0 Å². The summed E-state index contributed by atoms with van der Waals surface area (Å²) in [5.41, 5.74) is 0.615. The van der Waals surface area contributed by atoms with Gasteiger partial charge in [-0.15, -0.1) is 10.2 Å². The molecule has 2 heterocycles. The highest BCUT2D eigenvalue weighted by molar-refractivity contribution is 5.51. The molecule has 0 bridgehead atoms. The first-order valence-corrected chi connectivity index (χ1v) is 6.07. The molecule has 8 nitrogen and oxygen atoms in total. The molecule has 2 aromatic heterocycles.